The van der Waals surface area contributed by atoms with Gasteiger partial charge in [0.1, 0.15) is 11.6 Å². The van der Waals surface area contributed by atoms with Crippen molar-refractivity contribution in [1.29, 1.82) is 0 Å². The fourth-order valence-electron chi connectivity index (χ4n) is 3.61. The number of hydrogen-bond donors (Lipinski definition) is 0. The molecular weight excluding hydrogens is 398 g/mol. The average Bonchev–Trinajstić information content (AvgIpc) is 3.25. The van der Waals surface area contributed by atoms with E-state index in [2.05, 4.69) is 53.1 Å². The van der Waals surface area contributed by atoms with Gasteiger partial charge in [-0.25, -0.2) is 9.97 Å². The zero-order valence-corrected chi connectivity index (χ0v) is 20.0. The summed E-state index contributed by atoms with van der Waals surface area (Å²) in [6, 6.07) is 8.78. The van der Waals surface area contributed by atoms with Crippen LogP contribution in [0.1, 0.15) is 61.7 Å². The van der Waals surface area contributed by atoms with E-state index in [9.17, 15) is 4.79 Å². The highest BCUT2D eigenvalue weighted by Gasteiger charge is 2.11. The summed E-state index contributed by atoms with van der Waals surface area (Å²) in [4.78, 5) is 23.6. The molecule has 0 unspecified atom stereocenters. The molecule has 0 aliphatic carbocycles. The lowest BCUT2D eigenvalue weighted by atomic mass is 10.0. The molecule has 0 radical (unpaired) electrons. The highest BCUT2D eigenvalue weighted by Crippen LogP contribution is 2.22. The summed E-state index contributed by atoms with van der Waals surface area (Å²) >= 11 is 0. The SMILES string of the molecule is Cc1cnc(Cc2ccc(CCC(=O)CCCN(C)C)cc2)nc1-c1cnn(C(C)C)c1. The third-order valence-corrected chi connectivity index (χ3v) is 5.56. The summed E-state index contributed by atoms with van der Waals surface area (Å²) in [5, 5.41) is 4.44. The fourth-order valence-corrected chi connectivity index (χ4v) is 3.61. The Morgan fingerprint density at radius 3 is 2.44 bits per heavy atom. The standard InChI is InChI=1S/C26H35N5O/c1-19(2)31-18-23(17-28-31)26-20(3)16-27-25(29-26)15-22-10-8-21(9-11-22)12-13-24(32)7-6-14-30(4)5/h8-11,16-19H,6-7,12-15H2,1-5H3. The Balaban J connectivity index is 1.59. The van der Waals surface area contributed by atoms with Gasteiger partial charge in [0.15, 0.2) is 0 Å². The first-order valence-corrected chi connectivity index (χ1v) is 11.4. The molecule has 2 aromatic heterocycles. The predicted molar refractivity (Wildman–Crippen MR) is 129 cm³/mol. The van der Waals surface area contributed by atoms with Gasteiger partial charge in [-0.1, -0.05) is 24.3 Å². The van der Waals surface area contributed by atoms with Crippen LogP contribution in [0.15, 0.2) is 42.9 Å². The molecule has 3 rings (SSSR count). The molecule has 1 aromatic carbocycles. The Bertz CT molecular complexity index is 1020. The van der Waals surface area contributed by atoms with Crippen LogP contribution in [0.3, 0.4) is 0 Å². The van der Waals surface area contributed by atoms with Crippen LogP contribution in [0.2, 0.25) is 0 Å². The van der Waals surface area contributed by atoms with E-state index in [4.69, 9.17) is 4.98 Å². The van der Waals surface area contributed by atoms with Gasteiger partial charge in [-0.3, -0.25) is 9.48 Å². The van der Waals surface area contributed by atoms with Gasteiger partial charge >= 0.3 is 0 Å². The van der Waals surface area contributed by atoms with Crippen molar-refractivity contribution in [1.82, 2.24) is 24.6 Å². The number of carbonyl (C=O) groups excluding carboxylic acids is 1. The van der Waals surface area contributed by atoms with Crippen molar-refractivity contribution in [3.05, 3.63) is 65.4 Å². The van der Waals surface area contributed by atoms with Crippen molar-refractivity contribution in [3.8, 4) is 11.3 Å². The molecule has 0 bridgehead atoms. The van der Waals surface area contributed by atoms with Crippen molar-refractivity contribution in [2.75, 3.05) is 20.6 Å². The topological polar surface area (TPSA) is 63.9 Å². The monoisotopic (exact) mass is 433 g/mol. The van der Waals surface area contributed by atoms with Crippen LogP contribution < -0.4 is 0 Å². The molecule has 0 spiro atoms. The van der Waals surface area contributed by atoms with Crippen LogP contribution in [0, 0.1) is 6.92 Å². The van der Waals surface area contributed by atoms with Crippen molar-refractivity contribution >= 4 is 5.78 Å². The lowest BCUT2D eigenvalue weighted by Crippen LogP contribution is -2.14. The quantitative estimate of drug-likeness (QED) is 0.440. The van der Waals surface area contributed by atoms with Crippen LogP contribution in [0.4, 0.5) is 0 Å². The summed E-state index contributed by atoms with van der Waals surface area (Å²) in [6.07, 6.45) is 9.49. The third-order valence-electron chi connectivity index (χ3n) is 5.56. The second kappa shape index (κ2) is 11.1. The first kappa shape index (κ1) is 23.8. The maximum Gasteiger partial charge on any atom is 0.133 e. The van der Waals surface area contributed by atoms with Crippen molar-refractivity contribution in [3.63, 3.8) is 0 Å². The van der Waals surface area contributed by atoms with Gasteiger partial charge in [0.2, 0.25) is 0 Å². The molecule has 32 heavy (non-hydrogen) atoms. The number of Topliss-reactive ketones (excluding diaryl/α,β-unsaturated/α-hetero) is 1. The Kier molecular flexibility index (Phi) is 8.28. The molecule has 0 fully saturated rings. The largest absolute Gasteiger partial charge is 0.309 e. The Morgan fingerprint density at radius 2 is 1.78 bits per heavy atom. The van der Waals surface area contributed by atoms with E-state index in [1.807, 2.05) is 44.3 Å². The number of aryl methyl sites for hydroxylation is 2. The number of carbonyl (C=O) groups is 1. The van der Waals surface area contributed by atoms with E-state index < -0.39 is 0 Å². The van der Waals surface area contributed by atoms with Gasteiger partial charge < -0.3 is 4.90 Å². The van der Waals surface area contributed by atoms with Gasteiger partial charge in [0, 0.05) is 43.3 Å². The molecule has 0 N–H and O–H groups in total. The molecule has 0 aliphatic rings. The first-order valence-electron chi connectivity index (χ1n) is 11.4. The Labute approximate surface area is 191 Å². The summed E-state index contributed by atoms with van der Waals surface area (Å²) in [5.74, 6) is 1.14. The number of hydrogen-bond acceptors (Lipinski definition) is 5. The van der Waals surface area contributed by atoms with Crippen LogP contribution >= 0.6 is 0 Å². The fraction of sp³-hybridized carbons (Fsp3) is 0.462. The molecule has 6 heteroatoms. The minimum Gasteiger partial charge on any atom is -0.309 e. The lowest BCUT2D eigenvalue weighted by Gasteiger charge is -2.09. The normalized spacial score (nSPS) is 11.5. The van der Waals surface area contributed by atoms with Gasteiger partial charge in [0.05, 0.1) is 11.9 Å². The highest BCUT2D eigenvalue weighted by atomic mass is 16.1. The van der Waals surface area contributed by atoms with Crippen LogP contribution in [0.5, 0.6) is 0 Å². The molecule has 0 amide bonds. The van der Waals surface area contributed by atoms with E-state index in [-0.39, 0.29) is 0 Å². The molecule has 0 saturated carbocycles. The number of rotatable bonds is 11. The minimum atomic E-state index is 0.317. The average molecular weight is 434 g/mol. The van der Waals surface area contributed by atoms with E-state index in [0.29, 0.717) is 31.1 Å². The summed E-state index contributed by atoms with van der Waals surface area (Å²) in [6.45, 7) is 7.21. The molecule has 170 valence electrons. The summed E-state index contributed by atoms with van der Waals surface area (Å²) in [5.41, 5.74) is 5.36. The smallest absolute Gasteiger partial charge is 0.133 e. The lowest BCUT2D eigenvalue weighted by molar-refractivity contribution is -0.119. The second-order valence-electron chi connectivity index (χ2n) is 9.06. The van der Waals surface area contributed by atoms with E-state index in [1.54, 1.807) is 0 Å². The van der Waals surface area contributed by atoms with E-state index >= 15 is 0 Å². The summed E-state index contributed by atoms with van der Waals surface area (Å²) in [7, 11) is 4.07. The molecule has 0 saturated heterocycles. The molecule has 6 nitrogen and oxygen atoms in total. The van der Waals surface area contributed by atoms with E-state index in [0.717, 1.165) is 42.0 Å². The van der Waals surface area contributed by atoms with Crippen molar-refractivity contribution in [2.24, 2.45) is 0 Å². The van der Waals surface area contributed by atoms with Gasteiger partial charge in [-0.15, -0.1) is 0 Å². The molecule has 0 atom stereocenters. The first-order chi connectivity index (χ1) is 15.3. The minimum absolute atomic E-state index is 0.317. The molecule has 0 aliphatic heterocycles. The number of aromatic nitrogens is 4. The zero-order chi connectivity index (χ0) is 23.1. The Hall–Kier alpha value is -2.86. The summed E-state index contributed by atoms with van der Waals surface area (Å²) < 4.78 is 1.95. The predicted octanol–water partition coefficient (Wildman–Crippen LogP) is 4.66. The molecule has 2 heterocycles. The van der Waals surface area contributed by atoms with Crippen LogP contribution in [-0.4, -0.2) is 51.1 Å². The number of nitrogens with zero attached hydrogens (tertiary/aromatic N) is 5. The highest BCUT2D eigenvalue weighted by molar-refractivity contribution is 5.78. The van der Waals surface area contributed by atoms with Crippen LogP contribution in [-0.2, 0) is 17.6 Å². The maximum absolute atomic E-state index is 12.1. The van der Waals surface area contributed by atoms with Gasteiger partial charge in [-0.05, 0) is 70.9 Å². The number of benzene rings is 1. The van der Waals surface area contributed by atoms with Gasteiger partial charge in [0.25, 0.3) is 0 Å². The Morgan fingerprint density at radius 1 is 1.06 bits per heavy atom. The van der Waals surface area contributed by atoms with Crippen LogP contribution in [0.25, 0.3) is 11.3 Å². The molecule has 3 aromatic rings. The second-order valence-corrected chi connectivity index (χ2v) is 9.06. The molecular formula is C26H35N5O. The third kappa shape index (κ3) is 6.82. The van der Waals surface area contributed by atoms with E-state index in [1.165, 1.54) is 11.1 Å². The maximum atomic E-state index is 12.1. The zero-order valence-electron chi connectivity index (χ0n) is 20.0. The van der Waals surface area contributed by atoms with Gasteiger partial charge in [-0.2, -0.15) is 5.10 Å². The van der Waals surface area contributed by atoms with Crippen molar-refractivity contribution < 1.29 is 4.79 Å². The number of ketones is 1. The van der Waals surface area contributed by atoms with Crippen molar-refractivity contribution in [2.45, 2.75) is 58.9 Å².